The Morgan fingerprint density at radius 1 is 0.786 bits per heavy atom. The Morgan fingerprint density at radius 3 is 1.79 bits per heavy atom. The van der Waals surface area contributed by atoms with Crippen molar-refractivity contribution in [2.75, 3.05) is 19.3 Å². The molecule has 0 aromatic carbocycles. The Morgan fingerprint density at radius 2 is 1.29 bits per heavy atom. The summed E-state index contributed by atoms with van der Waals surface area (Å²) in [6, 6.07) is 0. The van der Waals surface area contributed by atoms with Crippen molar-refractivity contribution < 1.29 is 14.0 Å². The van der Waals surface area contributed by atoms with Crippen LogP contribution in [0.2, 0.25) is 0 Å². The van der Waals surface area contributed by atoms with E-state index < -0.39 is 7.60 Å². The van der Waals surface area contributed by atoms with Crippen LogP contribution < -0.4 is 5.73 Å². The van der Waals surface area contributed by atoms with Crippen LogP contribution in [0.15, 0.2) is 48.6 Å². The summed E-state index contributed by atoms with van der Waals surface area (Å²) < 4.78 is 16.7. The average molecular weight is 412 g/mol. The number of nitrogens with two attached hydrogens (primary N) is 1. The van der Waals surface area contributed by atoms with Gasteiger partial charge in [0.15, 0.2) is 0 Å². The second kappa shape index (κ2) is 20.8. The molecule has 0 saturated carbocycles. The van der Waals surface area contributed by atoms with Crippen molar-refractivity contribution in [1.82, 2.24) is 0 Å². The first-order chi connectivity index (χ1) is 13.6. The van der Waals surface area contributed by atoms with E-state index >= 15 is 0 Å². The Bertz CT molecular complexity index is 498. The Labute approximate surface area is 173 Å². The number of hydrogen-bond acceptors (Lipinski definition) is 3. The molecule has 0 aliphatic carbocycles. The number of allylic oxidation sites excluding steroid dienone is 8. The quantitative estimate of drug-likeness (QED) is 0.141. The van der Waals surface area contributed by atoms with Gasteiger partial charge in [-0.2, -0.15) is 0 Å². The zero-order valence-electron chi connectivity index (χ0n) is 17.8. The fourth-order valence-electron chi connectivity index (χ4n) is 2.49. The molecular formula is C23H42NO3P. The van der Waals surface area contributed by atoms with E-state index in [0.29, 0.717) is 19.6 Å². The van der Waals surface area contributed by atoms with Crippen molar-refractivity contribution in [2.45, 2.75) is 77.6 Å². The highest BCUT2D eigenvalue weighted by Gasteiger charge is 2.17. The van der Waals surface area contributed by atoms with Crippen LogP contribution in [-0.4, -0.2) is 24.2 Å². The predicted octanol–water partition coefficient (Wildman–Crippen LogP) is 6.68. The molecule has 3 N–H and O–H groups in total. The minimum Gasteiger partial charge on any atom is -0.330 e. The molecule has 5 heteroatoms. The normalized spacial score (nSPS) is 14.8. The van der Waals surface area contributed by atoms with E-state index in [9.17, 15) is 9.46 Å². The van der Waals surface area contributed by atoms with Gasteiger partial charge in [0, 0.05) is 0 Å². The first-order valence-electron chi connectivity index (χ1n) is 10.9. The van der Waals surface area contributed by atoms with Crippen molar-refractivity contribution in [1.29, 1.82) is 0 Å². The van der Waals surface area contributed by atoms with Crippen LogP contribution >= 0.6 is 7.60 Å². The minimum absolute atomic E-state index is 0.153. The summed E-state index contributed by atoms with van der Waals surface area (Å²) in [5.41, 5.74) is 5.33. The third kappa shape index (κ3) is 21.4. The summed E-state index contributed by atoms with van der Waals surface area (Å²) in [5.74, 6) is 0. The van der Waals surface area contributed by atoms with Crippen molar-refractivity contribution in [2.24, 2.45) is 5.73 Å². The van der Waals surface area contributed by atoms with Crippen LogP contribution in [0.25, 0.3) is 0 Å². The highest BCUT2D eigenvalue weighted by Crippen LogP contribution is 2.42. The third-order valence-electron chi connectivity index (χ3n) is 4.16. The largest absolute Gasteiger partial charge is 0.330 e. The van der Waals surface area contributed by atoms with Crippen LogP contribution in [0, 0.1) is 0 Å². The standard InChI is InChI=1S/C23H42NO3P/c1-2-3-4-5-6-7-8-9-10-11-12-13-14-15-16-17-18-19-22-27-28(25,26)23-20-21-24/h6-7,9-10,12-13,15-16H,2-5,8,11,14,17-24H2,1H3,(H,25,26)/b7-6-,10-9-,13-12-,16-15-. The molecule has 162 valence electrons. The molecule has 0 aliphatic rings. The van der Waals surface area contributed by atoms with Gasteiger partial charge < -0.3 is 15.2 Å². The molecule has 28 heavy (non-hydrogen) atoms. The van der Waals surface area contributed by atoms with Gasteiger partial charge in [-0.15, -0.1) is 0 Å². The van der Waals surface area contributed by atoms with Gasteiger partial charge in [-0.05, 0) is 64.3 Å². The molecule has 0 aromatic rings. The van der Waals surface area contributed by atoms with E-state index in [-0.39, 0.29) is 6.16 Å². The molecule has 1 unspecified atom stereocenters. The smallest absolute Gasteiger partial charge is 0.328 e. The molecule has 0 fully saturated rings. The van der Waals surface area contributed by atoms with Gasteiger partial charge in [-0.3, -0.25) is 4.57 Å². The van der Waals surface area contributed by atoms with Crippen LogP contribution in [-0.2, 0) is 9.09 Å². The first-order valence-corrected chi connectivity index (χ1v) is 12.6. The van der Waals surface area contributed by atoms with Crippen LogP contribution in [0.3, 0.4) is 0 Å². The highest BCUT2D eigenvalue weighted by molar-refractivity contribution is 7.52. The fraction of sp³-hybridized carbons (Fsp3) is 0.652. The molecule has 0 aliphatic heterocycles. The molecule has 1 atom stereocenters. The summed E-state index contributed by atoms with van der Waals surface area (Å²) in [6.45, 7) is 2.99. The highest BCUT2D eigenvalue weighted by atomic mass is 31.2. The molecule has 0 amide bonds. The van der Waals surface area contributed by atoms with Gasteiger partial charge in [0.2, 0.25) is 0 Å². The fourth-order valence-corrected chi connectivity index (χ4v) is 3.61. The van der Waals surface area contributed by atoms with Crippen LogP contribution in [0.4, 0.5) is 0 Å². The van der Waals surface area contributed by atoms with Crippen LogP contribution in [0.1, 0.15) is 77.6 Å². The second-order valence-electron chi connectivity index (χ2n) is 6.92. The maximum Gasteiger partial charge on any atom is 0.328 e. The van der Waals surface area contributed by atoms with Gasteiger partial charge in [0.25, 0.3) is 0 Å². The van der Waals surface area contributed by atoms with Gasteiger partial charge in [0.1, 0.15) is 0 Å². The maximum atomic E-state index is 11.6. The van der Waals surface area contributed by atoms with Gasteiger partial charge >= 0.3 is 7.60 Å². The molecule has 0 heterocycles. The van der Waals surface area contributed by atoms with E-state index in [0.717, 1.165) is 38.5 Å². The maximum absolute atomic E-state index is 11.6. The summed E-state index contributed by atoms with van der Waals surface area (Å²) in [4.78, 5) is 9.54. The minimum atomic E-state index is -3.42. The van der Waals surface area contributed by atoms with Crippen molar-refractivity contribution in [3.05, 3.63) is 48.6 Å². The molecule has 0 radical (unpaired) electrons. The molecule has 0 saturated heterocycles. The first kappa shape index (κ1) is 27.1. The lowest BCUT2D eigenvalue weighted by molar-refractivity contribution is 0.253. The van der Waals surface area contributed by atoms with E-state index in [1.807, 2.05) is 0 Å². The monoisotopic (exact) mass is 411 g/mol. The van der Waals surface area contributed by atoms with E-state index in [1.54, 1.807) is 0 Å². The van der Waals surface area contributed by atoms with Gasteiger partial charge in [0.05, 0.1) is 12.8 Å². The lowest BCUT2D eigenvalue weighted by Gasteiger charge is -2.10. The van der Waals surface area contributed by atoms with Crippen molar-refractivity contribution in [3.8, 4) is 0 Å². The molecule has 4 nitrogen and oxygen atoms in total. The number of hydrogen-bond donors (Lipinski definition) is 2. The van der Waals surface area contributed by atoms with Gasteiger partial charge in [-0.1, -0.05) is 68.4 Å². The molecular weight excluding hydrogens is 369 g/mol. The second-order valence-corrected chi connectivity index (χ2v) is 8.90. The summed E-state index contributed by atoms with van der Waals surface area (Å²) in [6.07, 6.45) is 29.2. The summed E-state index contributed by atoms with van der Waals surface area (Å²) in [5, 5.41) is 0. The number of rotatable bonds is 19. The summed E-state index contributed by atoms with van der Waals surface area (Å²) >= 11 is 0. The number of unbranched alkanes of at least 4 members (excludes halogenated alkanes) is 5. The average Bonchev–Trinajstić information content (AvgIpc) is 2.68. The zero-order valence-corrected chi connectivity index (χ0v) is 18.7. The molecule has 0 aromatic heterocycles. The van der Waals surface area contributed by atoms with E-state index in [2.05, 4.69) is 55.5 Å². The third-order valence-corrected chi connectivity index (χ3v) is 5.63. The Balaban J connectivity index is 3.49. The molecule has 0 rings (SSSR count). The zero-order chi connectivity index (χ0) is 20.8. The van der Waals surface area contributed by atoms with Crippen molar-refractivity contribution >= 4 is 7.60 Å². The molecule has 0 bridgehead atoms. The van der Waals surface area contributed by atoms with Crippen molar-refractivity contribution in [3.63, 3.8) is 0 Å². The predicted molar refractivity (Wildman–Crippen MR) is 123 cm³/mol. The Hall–Kier alpha value is -0.930. The van der Waals surface area contributed by atoms with E-state index in [1.165, 1.54) is 25.7 Å². The van der Waals surface area contributed by atoms with Crippen LogP contribution in [0.5, 0.6) is 0 Å². The van der Waals surface area contributed by atoms with Gasteiger partial charge in [-0.25, -0.2) is 0 Å². The van der Waals surface area contributed by atoms with E-state index in [4.69, 9.17) is 10.3 Å². The summed E-state index contributed by atoms with van der Waals surface area (Å²) in [7, 11) is -3.42. The Kier molecular flexibility index (Phi) is 20.1. The topological polar surface area (TPSA) is 72.5 Å². The SMILES string of the molecule is CCCCC/C=C\C/C=C\C/C=C\C/C=C\CCCCOP(=O)(O)CCCN. The lowest BCUT2D eigenvalue weighted by atomic mass is 10.2. The lowest BCUT2D eigenvalue weighted by Crippen LogP contribution is -2.04. The molecule has 0 spiro atoms.